The van der Waals surface area contributed by atoms with Gasteiger partial charge < -0.3 is 4.57 Å². The van der Waals surface area contributed by atoms with Crippen molar-refractivity contribution >= 4 is 21.7 Å². The maximum Gasteiger partial charge on any atom is 0.166 e. The minimum Gasteiger partial charge on any atom is -0.349 e. The summed E-state index contributed by atoms with van der Waals surface area (Å²) in [6, 6.07) is 4.21. The van der Waals surface area contributed by atoms with Gasteiger partial charge in [0, 0.05) is 29.4 Å². The van der Waals surface area contributed by atoms with Gasteiger partial charge in [0.25, 0.3) is 0 Å². The van der Waals surface area contributed by atoms with E-state index in [-0.39, 0.29) is 28.3 Å². The third-order valence-corrected chi connectivity index (χ3v) is 3.65. The zero-order chi connectivity index (χ0) is 14.9. The molecule has 0 saturated heterocycles. The summed E-state index contributed by atoms with van der Waals surface area (Å²) in [5, 5.41) is 0. The number of hydrogen-bond donors (Lipinski definition) is 0. The van der Waals surface area contributed by atoms with Crippen LogP contribution < -0.4 is 0 Å². The van der Waals surface area contributed by atoms with Gasteiger partial charge in [-0.05, 0) is 34.1 Å². The Morgan fingerprint density at radius 2 is 2.00 bits per heavy atom. The predicted molar refractivity (Wildman–Crippen MR) is 76.8 cm³/mol. The Hall–Kier alpha value is -1.49. The molecule has 0 amide bonds. The van der Waals surface area contributed by atoms with Crippen molar-refractivity contribution in [3.63, 3.8) is 0 Å². The van der Waals surface area contributed by atoms with E-state index in [1.54, 1.807) is 23.0 Å². The lowest BCUT2D eigenvalue weighted by Gasteiger charge is -2.07. The Morgan fingerprint density at radius 3 is 2.65 bits per heavy atom. The number of rotatable bonds is 4. The van der Waals surface area contributed by atoms with Crippen LogP contribution in [0.5, 0.6) is 0 Å². The summed E-state index contributed by atoms with van der Waals surface area (Å²) in [6.45, 7) is 3.67. The molecule has 0 aliphatic carbocycles. The van der Waals surface area contributed by atoms with Gasteiger partial charge in [-0.25, -0.2) is 8.78 Å². The molecule has 0 radical (unpaired) electrons. The molecule has 1 aromatic carbocycles. The van der Waals surface area contributed by atoms with Crippen molar-refractivity contribution in [2.75, 3.05) is 0 Å². The van der Waals surface area contributed by atoms with E-state index < -0.39 is 11.6 Å². The molecule has 2 aromatic rings. The Kier molecular flexibility index (Phi) is 4.38. The molecule has 1 aromatic heterocycles. The largest absolute Gasteiger partial charge is 0.349 e. The summed E-state index contributed by atoms with van der Waals surface area (Å²) >= 11 is 3.04. The summed E-state index contributed by atoms with van der Waals surface area (Å²) in [5.74, 6) is -1.31. The predicted octanol–water partition coefficient (Wildman–Crippen LogP) is 4.42. The Balaban J connectivity index is 2.28. The molecule has 106 valence electrons. The maximum absolute atomic E-state index is 13.9. The van der Waals surface area contributed by atoms with Crippen LogP contribution in [0.4, 0.5) is 8.78 Å². The molecule has 0 aliphatic heterocycles. The van der Waals surface area contributed by atoms with Gasteiger partial charge in [0.05, 0.1) is 11.0 Å². The summed E-state index contributed by atoms with van der Waals surface area (Å²) in [4.78, 5) is 11.8. The molecule has 2 rings (SSSR count). The average molecular weight is 342 g/mol. The molecule has 0 aliphatic rings. The van der Waals surface area contributed by atoms with Crippen molar-refractivity contribution in [1.29, 1.82) is 0 Å². The summed E-state index contributed by atoms with van der Waals surface area (Å²) in [6.07, 6.45) is 3.26. The normalized spacial score (nSPS) is 11.1. The van der Waals surface area contributed by atoms with E-state index in [0.717, 1.165) is 0 Å². The summed E-state index contributed by atoms with van der Waals surface area (Å²) in [7, 11) is 0. The fourth-order valence-corrected chi connectivity index (χ4v) is 2.29. The van der Waals surface area contributed by atoms with Crippen molar-refractivity contribution in [2.24, 2.45) is 5.92 Å². The van der Waals surface area contributed by atoms with Crippen molar-refractivity contribution in [1.82, 2.24) is 4.57 Å². The van der Waals surface area contributed by atoms with Gasteiger partial charge in [0.15, 0.2) is 5.78 Å². The first-order valence-corrected chi connectivity index (χ1v) is 7.01. The molecule has 0 atom stereocenters. The molecule has 1 heterocycles. The van der Waals surface area contributed by atoms with E-state index >= 15 is 0 Å². The number of hydrogen-bond acceptors (Lipinski definition) is 1. The Morgan fingerprint density at radius 1 is 1.30 bits per heavy atom. The molecule has 5 heteroatoms. The van der Waals surface area contributed by atoms with Crippen LogP contribution in [0.15, 0.2) is 35.1 Å². The third kappa shape index (κ3) is 2.98. The molecule has 0 saturated carbocycles. The number of nitrogens with zero attached hydrogens (tertiary/aromatic N) is 1. The van der Waals surface area contributed by atoms with Crippen LogP contribution in [0.1, 0.15) is 29.8 Å². The molecule has 0 fully saturated rings. The van der Waals surface area contributed by atoms with Gasteiger partial charge in [-0.15, -0.1) is 0 Å². The second-order valence-electron chi connectivity index (χ2n) is 4.91. The van der Waals surface area contributed by atoms with Crippen molar-refractivity contribution in [3.8, 4) is 0 Å². The Bertz CT molecular complexity index is 649. The van der Waals surface area contributed by atoms with E-state index in [1.165, 1.54) is 12.1 Å². The Labute approximate surface area is 124 Å². The molecule has 20 heavy (non-hydrogen) atoms. The van der Waals surface area contributed by atoms with Crippen molar-refractivity contribution in [2.45, 2.75) is 20.4 Å². The van der Waals surface area contributed by atoms with Crippen LogP contribution in [-0.2, 0) is 6.54 Å². The average Bonchev–Trinajstić information content (AvgIpc) is 2.86. The molecule has 0 N–H and O–H groups in total. The van der Waals surface area contributed by atoms with Crippen LogP contribution in [0, 0.1) is 17.6 Å². The third-order valence-electron chi connectivity index (χ3n) is 3.04. The fourth-order valence-electron chi connectivity index (χ4n) is 1.91. The van der Waals surface area contributed by atoms with Gasteiger partial charge in [0.2, 0.25) is 0 Å². The van der Waals surface area contributed by atoms with Gasteiger partial charge in [0.1, 0.15) is 11.6 Å². The number of halogens is 3. The quantitative estimate of drug-likeness (QED) is 0.596. The molecule has 0 spiro atoms. The molecular weight excluding hydrogens is 328 g/mol. The van der Waals surface area contributed by atoms with Gasteiger partial charge in [-0.3, -0.25) is 4.79 Å². The molecular formula is C15H14BrF2NO. The number of aromatic nitrogens is 1. The van der Waals surface area contributed by atoms with E-state index in [9.17, 15) is 13.6 Å². The topological polar surface area (TPSA) is 22.0 Å². The highest BCUT2D eigenvalue weighted by Crippen LogP contribution is 2.22. The van der Waals surface area contributed by atoms with Crippen LogP contribution in [0.2, 0.25) is 0 Å². The highest BCUT2D eigenvalue weighted by atomic mass is 79.9. The lowest BCUT2D eigenvalue weighted by atomic mass is 10.0. The number of carbonyl (C=O) groups excluding carboxylic acids is 1. The van der Waals surface area contributed by atoms with Crippen LogP contribution in [0.3, 0.4) is 0 Å². The highest BCUT2D eigenvalue weighted by molar-refractivity contribution is 9.10. The lowest BCUT2D eigenvalue weighted by molar-refractivity contribution is 0.0939. The minimum absolute atomic E-state index is 0.0129. The minimum atomic E-state index is -0.615. The van der Waals surface area contributed by atoms with Crippen molar-refractivity contribution in [3.05, 3.63) is 57.8 Å². The second-order valence-corrected chi connectivity index (χ2v) is 5.77. The lowest BCUT2D eigenvalue weighted by Crippen LogP contribution is -2.07. The number of benzene rings is 1. The fraction of sp³-hybridized carbons (Fsp3) is 0.267. The van der Waals surface area contributed by atoms with Crippen LogP contribution in [0.25, 0.3) is 0 Å². The van der Waals surface area contributed by atoms with E-state index in [1.807, 2.05) is 13.8 Å². The van der Waals surface area contributed by atoms with Gasteiger partial charge >= 0.3 is 0 Å². The van der Waals surface area contributed by atoms with Crippen LogP contribution in [-0.4, -0.2) is 10.4 Å². The zero-order valence-electron chi connectivity index (χ0n) is 11.2. The second kappa shape index (κ2) is 5.87. The van der Waals surface area contributed by atoms with E-state index in [0.29, 0.717) is 5.56 Å². The summed E-state index contributed by atoms with van der Waals surface area (Å²) < 4.78 is 29.4. The van der Waals surface area contributed by atoms with E-state index in [2.05, 4.69) is 15.9 Å². The van der Waals surface area contributed by atoms with E-state index in [4.69, 9.17) is 0 Å². The SMILES string of the molecule is CC(C)C(=O)c1ccn(Cc2c(F)ccc(Br)c2F)c1. The standard InChI is InChI=1S/C15H14BrF2NO/c1-9(2)15(20)10-5-6-19(7-10)8-11-13(17)4-3-12(16)14(11)18/h3-7,9H,8H2,1-2H3. The first kappa shape index (κ1) is 14.9. The monoisotopic (exact) mass is 341 g/mol. The number of carbonyl (C=O) groups is 1. The first-order chi connectivity index (χ1) is 9.40. The zero-order valence-corrected chi connectivity index (χ0v) is 12.7. The van der Waals surface area contributed by atoms with Gasteiger partial charge in [-0.2, -0.15) is 0 Å². The molecule has 2 nitrogen and oxygen atoms in total. The van der Waals surface area contributed by atoms with Crippen LogP contribution >= 0.6 is 15.9 Å². The molecule has 0 unspecified atom stereocenters. The highest BCUT2D eigenvalue weighted by Gasteiger charge is 2.15. The smallest absolute Gasteiger partial charge is 0.166 e. The van der Waals surface area contributed by atoms with Crippen molar-refractivity contribution < 1.29 is 13.6 Å². The summed E-state index contributed by atoms with van der Waals surface area (Å²) in [5.41, 5.74) is 0.523. The first-order valence-electron chi connectivity index (χ1n) is 6.22. The number of ketones is 1. The number of Topliss-reactive ketones (excluding diaryl/α,β-unsaturated/α-hetero) is 1. The molecule has 0 bridgehead atoms. The van der Waals surface area contributed by atoms with Gasteiger partial charge in [-0.1, -0.05) is 13.8 Å². The maximum atomic E-state index is 13.9.